The molecule has 0 aliphatic rings. The van der Waals surface area contributed by atoms with Gasteiger partial charge in [-0.15, -0.1) is 35.3 Å². The van der Waals surface area contributed by atoms with Crippen molar-refractivity contribution in [3.05, 3.63) is 21.9 Å². The van der Waals surface area contributed by atoms with Gasteiger partial charge in [0.2, 0.25) is 5.91 Å². The van der Waals surface area contributed by atoms with Crippen molar-refractivity contribution in [3.8, 4) is 0 Å². The van der Waals surface area contributed by atoms with Gasteiger partial charge in [0.15, 0.2) is 5.96 Å². The number of halogens is 1. The van der Waals surface area contributed by atoms with Crippen molar-refractivity contribution < 1.29 is 4.79 Å². The normalized spacial score (nSPS) is 11.6. The lowest BCUT2D eigenvalue weighted by Gasteiger charge is -2.20. The van der Waals surface area contributed by atoms with Crippen LogP contribution < -0.4 is 16.0 Å². The Morgan fingerprint density at radius 3 is 2.35 bits per heavy atom. The van der Waals surface area contributed by atoms with Crippen LogP contribution in [0.25, 0.3) is 0 Å². The molecule has 3 N–H and O–H groups in total. The van der Waals surface area contributed by atoms with Gasteiger partial charge in [-0.3, -0.25) is 4.79 Å². The summed E-state index contributed by atoms with van der Waals surface area (Å²) in [5.41, 5.74) is -0.230. The van der Waals surface area contributed by atoms with E-state index < -0.39 is 0 Å². The van der Waals surface area contributed by atoms with Gasteiger partial charge in [0, 0.05) is 21.8 Å². The van der Waals surface area contributed by atoms with E-state index in [4.69, 9.17) is 0 Å². The van der Waals surface area contributed by atoms with Crippen LogP contribution in [0.4, 0.5) is 0 Å². The van der Waals surface area contributed by atoms with E-state index in [1.165, 1.54) is 9.75 Å². The fraction of sp³-hybridized carbons (Fsp3) is 0.625. The first kappa shape index (κ1) is 22.2. The molecule has 7 heteroatoms. The molecule has 1 aromatic rings. The third kappa shape index (κ3) is 9.80. The Hall–Kier alpha value is -0.830. The zero-order valence-electron chi connectivity index (χ0n) is 14.7. The number of thiophene rings is 1. The van der Waals surface area contributed by atoms with Crippen LogP contribution in [0.3, 0.4) is 0 Å². The van der Waals surface area contributed by atoms with Crippen molar-refractivity contribution in [1.82, 2.24) is 16.0 Å². The second-order valence-electron chi connectivity index (χ2n) is 6.07. The fourth-order valence-electron chi connectivity index (χ4n) is 1.83. The maximum absolute atomic E-state index is 11.8. The number of hydrogen-bond acceptors (Lipinski definition) is 3. The predicted molar refractivity (Wildman–Crippen MR) is 110 cm³/mol. The summed E-state index contributed by atoms with van der Waals surface area (Å²) >= 11 is 1.80. The average molecular weight is 452 g/mol. The van der Waals surface area contributed by atoms with Crippen LogP contribution in [0.15, 0.2) is 17.1 Å². The largest absolute Gasteiger partial charge is 0.357 e. The van der Waals surface area contributed by atoms with Gasteiger partial charge in [0.25, 0.3) is 0 Å². The highest BCUT2D eigenvalue weighted by atomic mass is 127. The highest BCUT2D eigenvalue weighted by Crippen LogP contribution is 2.16. The minimum atomic E-state index is -0.230. The molecule has 132 valence electrons. The van der Waals surface area contributed by atoms with Crippen molar-refractivity contribution >= 4 is 47.2 Å². The quantitative estimate of drug-likeness (QED) is 0.353. The van der Waals surface area contributed by atoms with Crippen LogP contribution in [-0.4, -0.2) is 30.5 Å². The number of aryl methyl sites for hydroxylation is 1. The Bertz CT molecular complexity index is 508. The Balaban J connectivity index is 0.00000484. The lowest BCUT2D eigenvalue weighted by atomic mass is 10.1. The minimum absolute atomic E-state index is 0. The first-order valence-corrected chi connectivity index (χ1v) is 8.56. The number of nitrogens with zero attached hydrogens (tertiary/aromatic N) is 1. The molecule has 0 unspecified atom stereocenters. The number of carbonyl (C=O) groups is 1. The van der Waals surface area contributed by atoms with Crippen LogP contribution in [0.2, 0.25) is 0 Å². The van der Waals surface area contributed by atoms with E-state index in [1.807, 2.05) is 27.7 Å². The Kier molecular flexibility index (Phi) is 10.5. The number of guanidine groups is 1. The molecule has 0 saturated carbocycles. The summed E-state index contributed by atoms with van der Waals surface area (Å²) in [6.07, 6.45) is 1.06. The average Bonchev–Trinajstić information content (AvgIpc) is 2.88. The molecule has 0 radical (unpaired) electrons. The smallest absolute Gasteiger partial charge is 0.242 e. The van der Waals surface area contributed by atoms with E-state index in [0.717, 1.165) is 19.5 Å². The van der Waals surface area contributed by atoms with Crippen molar-refractivity contribution in [3.63, 3.8) is 0 Å². The number of aliphatic imine (C=N–C) groups is 1. The van der Waals surface area contributed by atoms with Gasteiger partial charge >= 0.3 is 0 Å². The third-order valence-electron chi connectivity index (χ3n) is 2.74. The molecule has 23 heavy (non-hydrogen) atoms. The molecule has 1 rings (SSSR count). The number of rotatable bonds is 6. The van der Waals surface area contributed by atoms with Gasteiger partial charge in [-0.1, -0.05) is 6.92 Å². The summed E-state index contributed by atoms with van der Waals surface area (Å²) in [5, 5.41) is 9.32. The van der Waals surface area contributed by atoms with Gasteiger partial charge in [-0.25, -0.2) is 4.99 Å². The molecule has 1 heterocycles. The summed E-state index contributed by atoms with van der Waals surface area (Å²) in [5.74, 6) is 0.590. The Morgan fingerprint density at radius 1 is 1.17 bits per heavy atom. The fourth-order valence-corrected chi connectivity index (χ4v) is 2.73. The molecule has 0 aromatic carbocycles. The summed E-state index contributed by atoms with van der Waals surface area (Å²) in [6.45, 7) is 11.6. The maximum atomic E-state index is 11.8. The zero-order chi connectivity index (χ0) is 16.6. The first-order valence-electron chi connectivity index (χ1n) is 7.74. The minimum Gasteiger partial charge on any atom is -0.357 e. The highest BCUT2D eigenvalue weighted by molar-refractivity contribution is 14.0. The maximum Gasteiger partial charge on any atom is 0.242 e. The van der Waals surface area contributed by atoms with Crippen LogP contribution in [0.5, 0.6) is 0 Å². The summed E-state index contributed by atoms with van der Waals surface area (Å²) < 4.78 is 0. The van der Waals surface area contributed by atoms with Gasteiger partial charge in [0.05, 0.1) is 6.54 Å². The summed E-state index contributed by atoms with van der Waals surface area (Å²) in [7, 11) is 0. The van der Waals surface area contributed by atoms with Crippen LogP contribution in [-0.2, 0) is 17.8 Å². The van der Waals surface area contributed by atoms with Crippen molar-refractivity contribution in [2.24, 2.45) is 4.99 Å². The monoisotopic (exact) mass is 452 g/mol. The van der Waals surface area contributed by atoms with Crippen molar-refractivity contribution in [1.29, 1.82) is 0 Å². The standard InChI is InChI=1S/C16H28N4OS.HI/c1-6-12-8-9-13(22-12)10-18-15(17-7-2)19-11-14(21)20-16(3,4)5;/h8-9H,6-7,10-11H2,1-5H3,(H,20,21)(H2,17,18,19);1H. The van der Waals surface area contributed by atoms with Crippen LogP contribution >= 0.6 is 35.3 Å². The van der Waals surface area contributed by atoms with Gasteiger partial charge < -0.3 is 16.0 Å². The molecule has 0 fully saturated rings. The van der Waals surface area contributed by atoms with Crippen LogP contribution in [0.1, 0.15) is 44.4 Å². The van der Waals surface area contributed by atoms with Gasteiger partial charge in [-0.05, 0) is 46.2 Å². The topological polar surface area (TPSA) is 65.5 Å². The molecule has 0 aliphatic carbocycles. The number of hydrogen-bond donors (Lipinski definition) is 3. The van der Waals surface area contributed by atoms with Crippen molar-refractivity contribution in [2.45, 2.75) is 53.1 Å². The second kappa shape index (κ2) is 10.9. The molecule has 0 spiro atoms. The lowest BCUT2D eigenvalue weighted by molar-refractivity contribution is -0.121. The molecule has 1 amide bonds. The zero-order valence-corrected chi connectivity index (χ0v) is 17.8. The summed E-state index contributed by atoms with van der Waals surface area (Å²) in [4.78, 5) is 18.8. The lowest BCUT2D eigenvalue weighted by Crippen LogP contribution is -2.43. The van der Waals surface area contributed by atoms with E-state index in [-0.39, 0.29) is 42.0 Å². The summed E-state index contributed by atoms with van der Waals surface area (Å²) in [6, 6.07) is 4.29. The molecular formula is C16H29IN4OS. The highest BCUT2D eigenvalue weighted by Gasteiger charge is 2.13. The van der Waals surface area contributed by atoms with E-state index in [0.29, 0.717) is 5.96 Å². The van der Waals surface area contributed by atoms with Crippen molar-refractivity contribution in [2.75, 3.05) is 13.1 Å². The molecular weight excluding hydrogens is 423 g/mol. The molecule has 5 nitrogen and oxygen atoms in total. The van der Waals surface area contributed by atoms with Gasteiger partial charge in [0.1, 0.15) is 6.54 Å². The third-order valence-corrected chi connectivity index (χ3v) is 3.96. The molecule has 1 aromatic heterocycles. The Morgan fingerprint density at radius 2 is 1.83 bits per heavy atom. The van der Waals surface area contributed by atoms with E-state index in [1.54, 1.807) is 11.3 Å². The first-order chi connectivity index (χ1) is 10.3. The molecule has 0 atom stereocenters. The van der Waals surface area contributed by atoms with E-state index >= 15 is 0 Å². The van der Waals surface area contributed by atoms with E-state index in [2.05, 4.69) is 40.0 Å². The molecule has 0 aliphatic heterocycles. The molecule has 0 saturated heterocycles. The molecule has 0 bridgehead atoms. The number of nitrogens with one attached hydrogen (secondary N) is 3. The Labute approximate surface area is 160 Å². The number of amides is 1. The van der Waals surface area contributed by atoms with E-state index in [9.17, 15) is 4.79 Å². The predicted octanol–water partition coefficient (Wildman–Crippen LogP) is 2.90. The SMILES string of the molecule is CCNC(=NCC(=O)NC(C)(C)C)NCc1ccc(CC)s1.I. The number of carbonyl (C=O) groups excluding carboxylic acids is 1. The van der Waals surface area contributed by atoms with Crippen LogP contribution in [0, 0.1) is 0 Å². The second-order valence-corrected chi connectivity index (χ2v) is 7.32. The van der Waals surface area contributed by atoms with Gasteiger partial charge in [-0.2, -0.15) is 0 Å².